The summed E-state index contributed by atoms with van der Waals surface area (Å²) in [6.07, 6.45) is 10.6. The Kier molecular flexibility index (Phi) is 6.25. The number of carbonyl (C=O) groups excluding carboxylic acids is 1. The molecular formula is C27H23N5O3. The molecule has 0 saturated carbocycles. The number of hydrogen-bond donors (Lipinski definition) is 1. The van der Waals surface area contributed by atoms with Gasteiger partial charge in [0.05, 0.1) is 24.7 Å². The number of aromatic nitrogens is 4. The Morgan fingerprint density at radius 3 is 2.71 bits per heavy atom. The van der Waals surface area contributed by atoms with Gasteiger partial charge >= 0.3 is 0 Å². The molecule has 0 spiro atoms. The van der Waals surface area contributed by atoms with E-state index in [-0.39, 0.29) is 12.5 Å². The van der Waals surface area contributed by atoms with E-state index >= 15 is 0 Å². The minimum absolute atomic E-state index is 0.265. The second-order valence-electron chi connectivity index (χ2n) is 7.73. The largest absolute Gasteiger partial charge is 0.493 e. The van der Waals surface area contributed by atoms with Gasteiger partial charge in [0.1, 0.15) is 12.3 Å². The lowest BCUT2D eigenvalue weighted by Crippen LogP contribution is -2.08. The lowest BCUT2D eigenvalue weighted by atomic mass is 10.2. The number of pyridine rings is 1. The average molecular weight is 466 g/mol. The van der Waals surface area contributed by atoms with Gasteiger partial charge < -0.3 is 19.2 Å². The maximum absolute atomic E-state index is 12.5. The van der Waals surface area contributed by atoms with E-state index in [1.807, 2.05) is 71.5 Å². The number of nitrogens with zero attached hydrogens (tertiary/aromatic N) is 4. The van der Waals surface area contributed by atoms with Gasteiger partial charge in [-0.1, -0.05) is 24.3 Å². The summed E-state index contributed by atoms with van der Waals surface area (Å²) < 4.78 is 15.1. The highest BCUT2D eigenvalue weighted by atomic mass is 16.5. The van der Waals surface area contributed by atoms with Gasteiger partial charge in [0.25, 0.3) is 0 Å². The standard InChI is InChI=1S/C27H23N5O3/c1-34-24-12-11-21(15-25(24)35-19-22-18-31-14-6-5-9-26(31)29-22)30-27(33)13-10-20-16-28-32(17-20)23-7-3-2-4-8-23/h2-18H,19H2,1H3,(H,30,33). The molecule has 3 aromatic heterocycles. The topological polar surface area (TPSA) is 82.7 Å². The number of para-hydroxylation sites is 1. The third-order valence-corrected chi connectivity index (χ3v) is 5.27. The first kappa shape index (κ1) is 22.0. The first-order chi connectivity index (χ1) is 17.2. The molecule has 0 atom stereocenters. The van der Waals surface area contributed by atoms with Gasteiger partial charge in [-0.3, -0.25) is 4.79 Å². The molecule has 174 valence electrons. The molecule has 2 aromatic carbocycles. The quantitative estimate of drug-likeness (QED) is 0.334. The van der Waals surface area contributed by atoms with Crippen molar-refractivity contribution in [3.05, 3.63) is 109 Å². The lowest BCUT2D eigenvalue weighted by Gasteiger charge is -2.12. The van der Waals surface area contributed by atoms with Crippen molar-refractivity contribution in [2.24, 2.45) is 0 Å². The number of rotatable bonds is 8. The van der Waals surface area contributed by atoms with E-state index in [9.17, 15) is 4.79 Å². The molecule has 0 saturated heterocycles. The van der Waals surface area contributed by atoms with Crippen molar-refractivity contribution in [2.75, 3.05) is 12.4 Å². The summed E-state index contributed by atoms with van der Waals surface area (Å²) in [6, 6.07) is 20.8. The van der Waals surface area contributed by atoms with Crippen LogP contribution in [0.1, 0.15) is 11.3 Å². The van der Waals surface area contributed by atoms with Crippen molar-refractivity contribution in [1.29, 1.82) is 0 Å². The summed E-state index contributed by atoms with van der Waals surface area (Å²) >= 11 is 0. The number of nitrogens with one attached hydrogen (secondary N) is 1. The first-order valence-electron chi connectivity index (χ1n) is 11.0. The zero-order valence-corrected chi connectivity index (χ0v) is 19.0. The van der Waals surface area contributed by atoms with Crippen LogP contribution < -0.4 is 14.8 Å². The zero-order chi connectivity index (χ0) is 24.0. The van der Waals surface area contributed by atoms with Crippen molar-refractivity contribution >= 4 is 23.3 Å². The van der Waals surface area contributed by atoms with Gasteiger partial charge in [0.2, 0.25) is 5.91 Å². The molecular weight excluding hydrogens is 442 g/mol. The number of hydrogen-bond acceptors (Lipinski definition) is 5. The predicted molar refractivity (Wildman–Crippen MR) is 134 cm³/mol. The van der Waals surface area contributed by atoms with Gasteiger partial charge in [-0.05, 0) is 42.5 Å². The summed E-state index contributed by atoms with van der Waals surface area (Å²) in [5.74, 6) is 0.806. The van der Waals surface area contributed by atoms with E-state index in [2.05, 4.69) is 15.4 Å². The molecule has 1 N–H and O–H groups in total. The summed E-state index contributed by atoms with van der Waals surface area (Å²) in [5, 5.41) is 7.19. The van der Waals surface area contributed by atoms with Crippen LogP contribution in [0, 0.1) is 0 Å². The summed E-state index contributed by atoms with van der Waals surface area (Å²) in [6.45, 7) is 0.265. The lowest BCUT2D eigenvalue weighted by molar-refractivity contribution is -0.111. The van der Waals surface area contributed by atoms with Crippen molar-refractivity contribution < 1.29 is 14.3 Å². The monoisotopic (exact) mass is 465 g/mol. The number of fused-ring (bicyclic) bond motifs is 1. The molecule has 35 heavy (non-hydrogen) atoms. The highest BCUT2D eigenvalue weighted by Crippen LogP contribution is 2.31. The van der Waals surface area contributed by atoms with Gasteiger partial charge in [-0.25, -0.2) is 9.67 Å². The fourth-order valence-corrected chi connectivity index (χ4v) is 3.58. The highest BCUT2D eigenvalue weighted by molar-refractivity contribution is 6.02. The smallest absolute Gasteiger partial charge is 0.248 e. The summed E-state index contributed by atoms with van der Waals surface area (Å²) in [4.78, 5) is 17.0. The fourth-order valence-electron chi connectivity index (χ4n) is 3.58. The average Bonchev–Trinajstić information content (AvgIpc) is 3.54. The molecule has 0 bridgehead atoms. The Bertz CT molecular complexity index is 1450. The Hall–Kier alpha value is -4.85. The van der Waals surface area contributed by atoms with Crippen LogP contribution in [-0.4, -0.2) is 32.2 Å². The van der Waals surface area contributed by atoms with E-state index in [0.29, 0.717) is 17.2 Å². The number of amides is 1. The van der Waals surface area contributed by atoms with Crippen LogP contribution in [0.4, 0.5) is 5.69 Å². The van der Waals surface area contributed by atoms with Crippen molar-refractivity contribution in [3.63, 3.8) is 0 Å². The molecule has 1 amide bonds. The number of carbonyl (C=O) groups is 1. The first-order valence-corrected chi connectivity index (χ1v) is 11.0. The molecule has 0 radical (unpaired) electrons. The minimum Gasteiger partial charge on any atom is -0.493 e. The van der Waals surface area contributed by atoms with Crippen LogP contribution in [-0.2, 0) is 11.4 Å². The summed E-state index contributed by atoms with van der Waals surface area (Å²) in [5.41, 5.74) is 3.98. The minimum atomic E-state index is -0.270. The second-order valence-corrected chi connectivity index (χ2v) is 7.73. The number of imidazole rings is 1. The Labute approximate surface area is 202 Å². The van der Waals surface area contributed by atoms with Crippen molar-refractivity contribution in [2.45, 2.75) is 6.61 Å². The molecule has 5 aromatic rings. The third-order valence-electron chi connectivity index (χ3n) is 5.27. The second kappa shape index (κ2) is 9.96. The summed E-state index contributed by atoms with van der Waals surface area (Å²) in [7, 11) is 1.57. The van der Waals surface area contributed by atoms with Crippen LogP contribution in [0.5, 0.6) is 11.5 Å². The SMILES string of the molecule is COc1ccc(NC(=O)C=Cc2cnn(-c3ccccc3)c2)cc1OCc1cn2ccccc2n1. The van der Waals surface area contributed by atoms with Crippen molar-refractivity contribution in [1.82, 2.24) is 19.2 Å². The Balaban J connectivity index is 1.24. The third kappa shape index (κ3) is 5.22. The number of anilines is 1. The predicted octanol–water partition coefficient (Wildman–Crippen LogP) is 4.76. The number of ether oxygens (including phenoxy) is 2. The molecule has 0 aliphatic carbocycles. The van der Waals surface area contributed by atoms with E-state index in [1.54, 1.807) is 42.3 Å². The van der Waals surface area contributed by atoms with Crippen LogP contribution >= 0.6 is 0 Å². The number of benzene rings is 2. The van der Waals surface area contributed by atoms with Crippen LogP contribution in [0.2, 0.25) is 0 Å². The van der Waals surface area contributed by atoms with Gasteiger partial charge in [-0.15, -0.1) is 0 Å². The van der Waals surface area contributed by atoms with E-state index < -0.39 is 0 Å². The van der Waals surface area contributed by atoms with Gasteiger partial charge in [0, 0.05) is 42.0 Å². The molecule has 0 aliphatic heterocycles. The zero-order valence-electron chi connectivity index (χ0n) is 19.0. The maximum atomic E-state index is 12.5. The molecule has 5 rings (SSSR count). The molecule has 8 heteroatoms. The molecule has 8 nitrogen and oxygen atoms in total. The van der Waals surface area contributed by atoms with E-state index in [1.165, 1.54) is 6.08 Å². The van der Waals surface area contributed by atoms with E-state index in [0.717, 1.165) is 22.6 Å². The van der Waals surface area contributed by atoms with Gasteiger partial charge in [0.15, 0.2) is 11.5 Å². The fraction of sp³-hybridized carbons (Fsp3) is 0.0741. The van der Waals surface area contributed by atoms with E-state index in [4.69, 9.17) is 9.47 Å². The maximum Gasteiger partial charge on any atom is 0.248 e. The molecule has 0 fully saturated rings. The van der Waals surface area contributed by atoms with Crippen LogP contribution in [0.15, 0.2) is 97.6 Å². The highest BCUT2D eigenvalue weighted by Gasteiger charge is 2.09. The van der Waals surface area contributed by atoms with Crippen LogP contribution in [0.3, 0.4) is 0 Å². The molecule has 3 heterocycles. The van der Waals surface area contributed by atoms with Crippen LogP contribution in [0.25, 0.3) is 17.4 Å². The van der Waals surface area contributed by atoms with Gasteiger partial charge in [-0.2, -0.15) is 5.10 Å². The molecule has 0 aliphatic rings. The number of methoxy groups -OCH3 is 1. The normalized spacial score (nSPS) is 11.1. The van der Waals surface area contributed by atoms with Crippen molar-refractivity contribution in [3.8, 4) is 17.2 Å². The Morgan fingerprint density at radius 1 is 1.03 bits per heavy atom. The molecule has 0 unspecified atom stereocenters. The Morgan fingerprint density at radius 2 is 1.89 bits per heavy atom.